The van der Waals surface area contributed by atoms with Crippen LogP contribution in [0.4, 0.5) is 0 Å². The summed E-state index contributed by atoms with van der Waals surface area (Å²) in [6.07, 6.45) is 2.96. The summed E-state index contributed by atoms with van der Waals surface area (Å²) in [5, 5.41) is 12.1. The van der Waals surface area contributed by atoms with Crippen LogP contribution in [0.25, 0.3) is 0 Å². The molecule has 4 heteroatoms. The van der Waals surface area contributed by atoms with Crippen molar-refractivity contribution in [2.45, 2.75) is 50.9 Å². The normalized spacial score (nSPS) is 23.5. The van der Waals surface area contributed by atoms with Crippen LogP contribution in [0.2, 0.25) is 0 Å². The zero-order valence-electron chi connectivity index (χ0n) is 11.9. The summed E-state index contributed by atoms with van der Waals surface area (Å²) in [6.45, 7) is 2.13. The first-order valence-corrected chi connectivity index (χ1v) is 7.32. The Labute approximate surface area is 120 Å². The highest BCUT2D eigenvalue weighted by atomic mass is 16.5. The molecule has 1 fully saturated rings. The summed E-state index contributed by atoms with van der Waals surface area (Å²) in [6, 6.07) is 9.82. The average molecular weight is 277 g/mol. The van der Waals surface area contributed by atoms with Gasteiger partial charge in [0.1, 0.15) is 6.10 Å². The number of ether oxygens (including phenoxy) is 1. The summed E-state index contributed by atoms with van der Waals surface area (Å²) in [5.41, 5.74) is 1.07. The number of benzene rings is 1. The summed E-state index contributed by atoms with van der Waals surface area (Å²) in [5.74, 6) is -0.0406. The molecule has 110 valence electrons. The van der Waals surface area contributed by atoms with Gasteiger partial charge in [0.2, 0.25) is 5.91 Å². The first kappa shape index (κ1) is 15.0. The number of carbonyl (C=O) groups excluding carboxylic acids is 1. The molecule has 0 aliphatic carbocycles. The molecule has 2 N–H and O–H groups in total. The van der Waals surface area contributed by atoms with Crippen LogP contribution in [0.5, 0.6) is 0 Å². The van der Waals surface area contributed by atoms with E-state index in [1.165, 1.54) is 0 Å². The Kier molecular flexibility index (Phi) is 5.56. The van der Waals surface area contributed by atoms with Gasteiger partial charge >= 0.3 is 0 Å². The lowest BCUT2D eigenvalue weighted by Crippen LogP contribution is -2.37. The number of carbonyl (C=O) groups is 1. The van der Waals surface area contributed by atoms with Gasteiger partial charge in [0.05, 0.1) is 12.1 Å². The Bertz CT molecular complexity index is 421. The molecule has 4 nitrogen and oxygen atoms in total. The highest BCUT2D eigenvalue weighted by Crippen LogP contribution is 2.22. The van der Waals surface area contributed by atoms with E-state index in [4.69, 9.17) is 9.84 Å². The molecule has 2 rings (SSSR count). The lowest BCUT2D eigenvalue weighted by molar-refractivity contribution is -0.132. The third kappa shape index (κ3) is 4.05. The van der Waals surface area contributed by atoms with Gasteiger partial charge in [-0.1, -0.05) is 30.3 Å². The molecular weight excluding hydrogens is 254 g/mol. The Morgan fingerprint density at radius 1 is 1.40 bits per heavy atom. The Morgan fingerprint density at radius 2 is 2.15 bits per heavy atom. The minimum absolute atomic E-state index is 0.0406. The number of aliphatic hydroxyl groups is 1. The molecule has 20 heavy (non-hydrogen) atoms. The molecule has 1 aromatic rings. The van der Waals surface area contributed by atoms with E-state index in [0.717, 1.165) is 24.8 Å². The first-order chi connectivity index (χ1) is 9.70. The van der Waals surface area contributed by atoms with E-state index in [2.05, 4.69) is 5.32 Å². The van der Waals surface area contributed by atoms with E-state index in [-0.39, 0.29) is 30.8 Å². The van der Waals surface area contributed by atoms with Crippen molar-refractivity contribution in [3.05, 3.63) is 35.9 Å². The zero-order chi connectivity index (χ0) is 14.4. The Hall–Kier alpha value is -1.39. The van der Waals surface area contributed by atoms with Crippen LogP contribution in [0.3, 0.4) is 0 Å². The zero-order valence-corrected chi connectivity index (χ0v) is 11.9. The first-order valence-electron chi connectivity index (χ1n) is 7.32. The van der Waals surface area contributed by atoms with Crippen LogP contribution in [0.15, 0.2) is 30.3 Å². The van der Waals surface area contributed by atoms with Crippen LogP contribution in [0.1, 0.15) is 44.2 Å². The second kappa shape index (κ2) is 7.41. The number of hydrogen-bond acceptors (Lipinski definition) is 3. The fourth-order valence-electron chi connectivity index (χ4n) is 2.56. The van der Waals surface area contributed by atoms with Crippen molar-refractivity contribution < 1.29 is 14.6 Å². The summed E-state index contributed by atoms with van der Waals surface area (Å²) < 4.78 is 5.60. The largest absolute Gasteiger partial charge is 0.396 e. The summed E-state index contributed by atoms with van der Waals surface area (Å²) >= 11 is 0. The molecule has 3 unspecified atom stereocenters. The molecule has 1 aromatic carbocycles. The molecule has 0 radical (unpaired) electrons. The number of hydrogen-bond donors (Lipinski definition) is 2. The van der Waals surface area contributed by atoms with Crippen molar-refractivity contribution in [1.82, 2.24) is 5.32 Å². The average Bonchev–Trinajstić information content (AvgIpc) is 2.91. The SMILES string of the molecule is CC1CCC(C(=O)NC(CCCO)c2ccccc2)O1. The van der Waals surface area contributed by atoms with Crippen LogP contribution >= 0.6 is 0 Å². The highest BCUT2D eigenvalue weighted by molar-refractivity contribution is 5.81. The Balaban J connectivity index is 1.98. The van der Waals surface area contributed by atoms with Crippen molar-refractivity contribution >= 4 is 5.91 Å². The molecule has 1 saturated heterocycles. The van der Waals surface area contributed by atoms with Crippen molar-refractivity contribution in [2.24, 2.45) is 0 Å². The monoisotopic (exact) mass is 277 g/mol. The van der Waals surface area contributed by atoms with E-state index in [0.29, 0.717) is 6.42 Å². The number of aliphatic hydroxyl groups excluding tert-OH is 1. The highest BCUT2D eigenvalue weighted by Gasteiger charge is 2.29. The van der Waals surface area contributed by atoms with E-state index in [1.807, 2.05) is 37.3 Å². The summed E-state index contributed by atoms with van der Waals surface area (Å²) in [4.78, 5) is 12.2. The maximum absolute atomic E-state index is 12.2. The molecule has 1 aliphatic rings. The van der Waals surface area contributed by atoms with Gasteiger partial charge < -0.3 is 15.2 Å². The second-order valence-electron chi connectivity index (χ2n) is 5.35. The molecule has 0 saturated carbocycles. The molecule has 1 amide bonds. The van der Waals surface area contributed by atoms with Gasteiger partial charge in [0.25, 0.3) is 0 Å². The smallest absolute Gasteiger partial charge is 0.249 e. The standard InChI is InChI=1S/C16H23NO3/c1-12-9-10-15(20-12)16(19)17-14(8-5-11-18)13-6-3-2-4-7-13/h2-4,6-7,12,14-15,18H,5,8-11H2,1H3,(H,17,19). The van der Waals surface area contributed by atoms with E-state index < -0.39 is 0 Å². The topological polar surface area (TPSA) is 58.6 Å². The molecule has 1 aliphatic heterocycles. The van der Waals surface area contributed by atoms with Crippen molar-refractivity contribution in [2.75, 3.05) is 6.61 Å². The van der Waals surface area contributed by atoms with E-state index in [9.17, 15) is 4.79 Å². The molecule has 0 bridgehead atoms. The van der Waals surface area contributed by atoms with E-state index >= 15 is 0 Å². The van der Waals surface area contributed by atoms with Crippen LogP contribution in [-0.4, -0.2) is 29.8 Å². The van der Waals surface area contributed by atoms with Crippen LogP contribution in [-0.2, 0) is 9.53 Å². The summed E-state index contributed by atoms with van der Waals surface area (Å²) in [7, 11) is 0. The molecular formula is C16H23NO3. The fourth-order valence-corrected chi connectivity index (χ4v) is 2.56. The van der Waals surface area contributed by atoms with Crippen molar-refractivity contribution in [3.63, 3.8) is 0 Å². The number of nitrogens with one attached hydrogen (secondary N) is 1. The van der Waals surface area contributed by atoms with Crippen LogP contribution in [0, 0.1) is 0 Å². The molecule has 0 aromatic heterocycles. The molecule has 1 heterocycles. The number of amides is 1. The van der Waals surface area contributed by atoms with Crippen molar-refractivity contribution in [3.8, 4) is 0 Å². The predicted octanol–water partition coefficient (Wildman–Crippen LogP) is 2.18. The van der Waals surface area contributed by atoms with Gasteiger partial charge in [-0.15, -0.1) is 0 Å². The predicted molar refractivity (Wildman–Crippen MR) is 77.2 cm³/mol. The van der Waals surface area contributed by atoms with Gasteiger partial charge in [0.15, 0.2) is 0 Å². The minimum Gasteiger partial charge on any atom is -0.396 e. The maximum Gasteiger partial charge on any atom is 0.249 e. The Morgan fingerprint density at radius 3 is 2.75 bits per heavy atom. The third-order valence-electron chi connectivity index (χ3n) is 3.69. The van der Waals surface area contributed by atoms with Crippen molar-refractivity contribution in [1.29, 1.82) is 0 Å². The molecule has 3 atom stereocenters. The van der Waals surface area contributed by atoms with Gasteiger partial charge in [0, 0.05) is 6.61 Å². The van der Waals surface area contributed by atoms with Gasteiger partial charge in [-0.25, -0.2) is 0 Å². The van der Waals surface area contributed by atoms with Gasteiger partial charge in [-0.3, -0.25) is 4.79 Å². The van der Waals surface area contributed by atoms with E-state index in [1.54, 1.807) is 0 Å². The van der Waals surface area contributed by atoms with Crippen LogP contribution < -0.4 is 5.32 Å². The quantitative estimate of drug-likeness (QED) is 0.838. The minimum atomic E-state index is -0.328. The third-order valence-corrected chi connectivity index (χ3v) is 3.69. The lowest BCUT2D eigenvalue weighted by Gasteiger charge is -2.21. The lowest BCUT2D eigenvalue weighted by atomic mass is 10.0. The van der Waals surface area contributed by atoms with Gasteiger partial charge in [-0.2, -0.15) is 0 Å². The van der Waals surface area contributed by atoms with Gasteiger partial charge in [-0.05, 0) is 38.2 Å². The second-order valence-corrected chi connectivity index (χ2v) is 5.35. The number of rotatable bonds is 6. The maximum atomic E-state index is 12.2. The fraction of sp³-hybridized carbons (Fsp3) is 0.562. The molecule has 0 spiro atoms.